The van der Waals surface area contributed by atoms with Crippen molar-refractivity contribution in [2.75, 3.05) is 17.7 Å². The number of aromatic nitrogens is 6. The number of hydrogen-bond donors (Lipinski definition) is 2. The second-order valence-electron chi connectivity index (χ2n) is 8.06. The van der Waals surface area contributed by atoms with E-state index in [0.29, 0.717) is 34.2 Å². The van der Waals surface area contributed by atoms with E-state index in [1.165, 1.54) is 6.33 Å². The van der Waals surface area contributed by atoms with Crippen LogP contribution in [0.1, 0.15) is 12.8 Å². The van der Waals surface area contributed by atoms with Gasteiger partial charge in [0.05, 0.1) is 5.56 Å². The highest BCUT2D eigenvalue weighted by atomic mass is 16.3. The smallest absolute Gasteiger partial charge is 0.229 e. The Hall–Kier alpha value is -4.34. The zero-order valence-electron chi connectivity index (χ0n) is 18.0. The molecule has 5 aromatic rings. The van der Waals surface area contributed by atoms with Gasteiger partial charge in [0.1, 0.15) is 23.5 Å². The maximum Gasteiger partial charge on any atom is 0.229 e. The monoisotopic (exact) mass is 440 g/mol. The first-order valence-electron chi connectivity index (χ1n) is 10.6. The molecule has 10 nitrogen and oxygen atoms in total. The molecule has 1 amide bonds. The zero-order chi connectivity index (χ0) is 22.5. The predicted octanol–water partition coefficient (Wildman–Crippen LogP) is 3.62. The minimum absolute atomic E-state index is 0.00413. The summed E-state index contributed by atoms with van der Waals surface area (Å²) in [5, 5.41) is 11.8. The number of hydrogen-bond acceptors (Lipinski definition) is 8. The number of amides is 1. The maximum atomic E-state index is 12.2. The molecule has 0 unspecified atom stereocenters. The summed E-state index contributed by atoms with van der Waals surface area (Å²) in [6, 6.07) is 7.56. The van der Waals surface area contributed by atoms with E-state index in [9.17, 15) is 4.79 Å². The number of carbonyl (C=O) groups excluding carboxylic acids is 1. The van der Waals surface area contributed by atoms with Crippen LogP contribution in [0, 0.1) is 5.92 Å². The molecule has 0 atom stereocenters. The molecule has 6 rings (SSSR count). The molecule has 0 aliphatic heterocycles. The number of anilines is 2. The predicted molar refractivity (Wildman–Crippen MR) is 123 cm³/mol. The van der Waals surface area contributed by atoms with Gasteiger partial charge in [0.25, 0.3) is 0 Å². The van der Waals surface area contributed by atoms with Crippen molar-refractivity contribution in [3.8, 4) is 22.8 Å². The van der Waals surface area contributed by atoms with Gasteiger partial charge in [-0.05, 0) is 37.1 Å². The van der Waals surface area contributed by atoms with Gasteiger partial charge in [-0.25, -0.2) is 24.6 Å². The van der Waals surface area contributed by atoms with Gasteiger partial charge in [0.15, 0.2) is 11.4 Å². The molecule has 33 heavy (non-hydrogen) atoms. The highest BCUT2D eigenvalue weighted by molar-refractivity contribution is 6.03. The molecule has 164 valence electrons. The Balaban J connectivity index is 1.46. The van der Waals surface area contributed by atoms with Crippen LogP contribution < -0.4 is 10.6 Å². The van der Waals surface area contributed by atoms with E-state index in [-0.39, 0.29) is 11.8 Å². The average molecular weight is 440 g/mol. The number of rotatable bonds is 5. The van der Waals surface area contributed by atoms with Crippen LogP contribution in [-0.4, -0.2) is 42.7 Å². The van der Waals surface area contributed by atoms with Crippen molar-refractivity contribution in [2.24, 2.45) is 13.0 Å². The SMILES string of the molecule is CNc1ncc(-c2nc3cc(-c4ncnn4C)ccc3o2)c2cc(NC(=O)C3CC3)ncc12. The van der Waals surface area contributed by atoms with Gasteiger partial charge in [-0.15, -0.1) is 0 Å². The van der Waals surface area contributed by atoms with Gasteiger partial charge < -0.3 is 15.1 Å². The fourth-order valence-electron chi connectivity index (χ4n) is 3.89. The van der Waals surface area contributed by atoms with E-state index in [0.717, 1.165) is 35.0 Å². The Morgan fingerprint density at radius 3 is 2.76 bits per heavy atom. The summed E-state index contributed by atoms with van der Waals surface area (Å²) >= 11 is 0. The van der Waals surface area contributed by atoms with Crippen molar-refractivity contribution in [1.29, 1.82) is 0 Å². The number of benzene rings is 1. The van der Waals surface area contributed by atoms with Crippen LogP contribution in [0.3, 0.4) is 0 Å². The molecule has 4 heterocycles. The lowest BCUT2D eigenvalue weighted by Crippen LogP contribution is -2.14. The van der Waals surface area contributed by atoms with Crippen LogP contribution >= 0.6 is 0 Å². The molecule has 0 spiro atoms. The molecule has 0 radical (unpaired) electrons. The Labute approximate surface area is 188 Å². The molecule has 1 aromatic carbocycles. The van der Waals surface area contributed by atoms with Gasteiger partial charge in [0.2, 0.25) is 11.8 Å². The average Bonchev–Trinajstić information content (AvgIpc) is 3.46. The highest BCUT2D eigenvalue weighted by Crippen LogP contribution is 2.35. The fourth-order valence-corrected chi connectivity index (χ4v) is 3.89. The standard InChI is InChI=1S/C23H20N8O2/c1-24-20-15-9-25-19(30-22(32)12-3-4-12)8-14(15)16(10-26-20)23-29-17-7-13(5-6-18(17)33-23)21-27-11-28-31(21)2/h5-12H,3-4H2,1-2H3,(H,24,26)(H,25,30,32). The lowest BCUT2D eigenvalue weighted by molar-refractivity contribution is -0.117. The van der Waals surface area contributed by atoms with Crippen LogP contribution in [0.15, 0.2) is 47.4 Å². The lowest BCUT2D eigenvalue weighted by atomic mass is 10.1. The highest BCUT2D eigenvalue weighted by Gasteiger charge is 2.30. The molecule has 4 aromatic heterocycles. The Kier molecular flexibility index (Phi) is 4.32. The number of fused-ring (bicyclic) bond motifs is 2. The van der Waals surface area contributed by atoms with E-state index >= 15 is 0 Å². The third-order valence-corrected chi connectivity index (χ3v) is 5.80. The Bertz CT molecular complexity index is 1530. The molecule has 10 heteroatoms. The third kappa shape index (κ3) is 3.36. The summed E-state index contributed by atoms with van der Waals surface area (Å²) in [4.78, 5) is 30.2. The molecular formula is C23H20N8O2. The molecule has 1 aliphatic carbocycles. The molecule has 0 saturated heterocycles. The van der Waals surface area contributed by atoms with Crippen molar-refractivity contribution < 1.29 is 9.21 Å². The second-order valence-corrected chi connectivity index (χ2v) is 8.06. The van der Waals surface area contributed by atoms with Gasteiger partial charge in [-0.3, -0.25) is 4.79 Å². The van der Waals surface area contributed by atoms with Crippen LogP contribution in [0.25, 0.3) is 44.7 Å². The van der Waals surface area contributed by atoms with E-state index in [2.05, 4.69) is 30.7 Å². The summed E-state index contributed by atoms with van der Waals surface area (Å²) < 4.78 is 7.79. The van der Waals surface area contributed by atoms with Crippen molar-refractivity contribution in [1.82, 2.24) is 29.7 Å². The van der Waals surface area contributed by atoms with Crippen LogP contribution in [0.5, 0.6) is 0 Å². The van der Waals surface area contributed by atoms with Crippen LogP contribution in [-0.2, 0) is 11.8 Å². The fraction of sp³-hybridized carbons (Fsp3) is 0.217. The van der Waals surface area contributed by atoms with Gasteiger partial charge in [0, 0.05) is 48.7 Å². The summed E-state index contributed by atoms with van der Waals surface area (Å²) in [5.41, 5.74) is 2.96. The summed E-state index contributed by atoms with van der Waals surface area (Å²) in [7, 11) is 3.65. The first-order chi connectivity index (χ1) is 16.1. The lowest BCUT2D eigenvalue weighted by Gasteiger charge is -2.10. The van der Waals surface area contributed by atoms with Crippen LogP contribution in [0.2, 0.25) is 0 Å². The van der Waals surface area contributed by atoms with Crippen molar-refractivity contribution in [3.63, 3.8) is 0 Å². The minimum Gasteiger partial charge on any atom is -0.436 e. The normalized spacial score (nSPS) is 13.5. The molecule has 1 fully saturated rings. The van der Waals surface area contributed by atoms with Crippen molar-refractivity contribution >= 4 is 39.4 Å². The number of pyridine rings is 2. The van der Waals surface area contributed by atoms with E-state index < -0.39 is 0 Å². The van der Waals surface area contributed by atoms with E-state index in [1.54, 1.807) is 24.1 Å². The molecule has 1 aliphatic rings. The van der Waals surface area contributed by atoms with Gasteiger partial charge >= 0.3 is 0 Å². The van der Waals surface area contributed by atoms with E-state index in [1.807, 2.05) is 31.3 Å². The van der Waals surface area contributed by atoms with Crippen LogP contribution in [0.4, 0.5) is 11.6 Å². The Morgan fingerprint density at radius 1 is 1.12 bits per heavy atom. The first-order valence-corrected chi connectivity index (χ1v) is 10.6. The Morgan fingerprint density at radius 2 is 2.00 bits per heavy atom. The van der Waals surface area contributed by atoms with Gasteiger partial charge in [-0.1, -0.05) is 0 Å². The summed E-state index contributed by atoms with van der Waals surface area (Å²) in [6.45, 7) is 0. The number of aryl methyl sites for hydroxylation is 1. The quantitative estimate of drug-likeness (QED) is 0.425. The summed E-state index contributed by atoms with van der Waals surface area (Å²) in [6.07, 6.45) is 6.79. The van der Waals surface area contributed by atoms with Crippen molar-refractivity contribution in [2.45, 2.75) is 12.8 Å². The number of oxazole rings is 1. The summed E-state index contributed by atoms with van der Waals surface area (Å²) in [5.74, 6) is 2.45. The molecule has 0 bridgehead atoms. The maximum absolute atomic E-state index is 12.2. The second kappa shape index (κ2) is 7.37. The molecular weight excluding hydrogens is 420 g/mol. The minimum atomic E-state index is 0.00413. The number of carbonyl (C=O) groups is 1. The third-order valence-electron chi connectivity index (χ3n) is 5.80. The van der Waals surface area contributed by atoms with Gasteiger partial charge in [-0.2, -0.15) is 5.10 Å². The molecule has 2 N–H and O–H groups in total. The zero-order valence-corrected chi connectivity index (χ0v) is 18.0. The first kappa shape index (κ1) is 19.4. The van der Waals surface area contributed by atoms with E-state index in [4.69, 9.17) is 9.40 Å². The molecule has 1 saturated carbocycles. The number of nitrogens with zero attached hydrogens (tertiary/aromatic N) is 6. The topological polar surface area (TPSA) is 124 Å². The number of nitrogens with one attached hydrogen (secondary N) is 2. The van der Waals surface area contributed by atoms with Crippen molar-refractivity contribution in [3.05, 3.63) is 43.0 Å². The largest absolute Gasteiger partial charge is 0.436 e.